The summed E-state index contributed by atoms with van der Waals surface area (Å²) >= 11 is 0. The maximum Gasteiger partial charge on any atom is 0.338 e. The first kappa shape index (κ1) is 30.1. The van der Waals surface area contributed by atoms with Crippen LogP contribution in [0.2, 0.25) is 0 Å². The molecule has 2 N–H and O–H groups in total. The van der Waals surface area contributed by atoms with E-state index < -0.39 is 5.97 Å². The molecule has 4 rings (SSSR count). The number of phenolic OH excluding ortho intramolecular Hbond substituents is 2. The molecule has 0 radical (unpaired) electrons. The first-order chi connectivity index (χ1) is 19.6. The van der Waals surface area contributed by atoms with Gasteiger partial charge in [-0.1, -0.05) is 79.4 Å². The quantitative estimate of drug-likeness (QED) is 0.0803. The highest BCUT2D eigenvalue weighted by Crippen LogP contribution is 2.35. The molecule has 0 amide bonds. The lowest BCUT2D eigenvalue weighted by Gasteiger charge is -2.11. The number of hydrogen-bond donors (Lipinski definition) is 2. The smallest absolute Gasteiger partial charge is 0.338 e. The number of hydrogen-bond acceptors (Lipinski definition) is 7. The summed E-state index contributed by atoms with van der Waals surface area (Å²) in [4.78, 5) is 36.0. The number of carbonyl (C=O) groups excluding carboxylic acids is 3. The standard InChI is InChI=1S/C17H14O4.C17H16O3/c1-11(2)17(20)21-13-8-9-14(15(18)10-13)16(19)12-6-4-3-5-7-12;1-3-11-20-17-12(2)9-10-14(16(17)19)15(18)13-7-5-4-6-8-13/h3-10,18H,1H2,2H3;3-11,19H,1-2H3. The molecule has 41 heavy (non-hydrogen) atoms. The highest BCUT2D eigenvalue weighted by Gasteiger charge is 2.18. The number of carbonyl (C=O) groups is 3. The topological polar surface area (TPSA) is 110 Å². The van der Waals surface area contributed by atoms with Crippen LogP contribution in [0.5, 0.6) is 23.0 Å². The van der Waals surface area contributed by atoms with Gasteiger partial charge in [-0.05, 0) is 44.5 Å². The minimum Gasteiger partial charge on any atom is -0.507 e. The lowest BCUT2D eigenvalue weighted by atomic mass is 10.0. The number of ketones is 2. The molecule has 0 aliphatic heterocycles. The monoisotopic (exact) mass is 550 g/mol. The molecule has 0 aliphatic rings. The molecule has 0 spiro atoms. The summed E-state index contributed by atoms with van der Waals surface area (Å²) in [7, 11) is 0. The zero-order chi connectivity index (χ0) is 29.9. The van der Waals surface area contributed by atoms with Gasteiger partial charge in [-0.25, -0.2) is 4.79 Å². The van der Waals surface area contributed by atoms with Crippen molar-refractivity contribution < 1.29 is 34.1 Å². The van der Waals surface area contributed by atoms with Gasteiger partial charge in [0.1, 0.15) is 11.5 Å². The van der Waals surface area contributed by atoms with E-state index in [0.29, 0.717) is 16.9 Å². The second-order valence-electron chi connectivity index (χ2n) is 8.93. The molecule has 0 atom stereocenters. The summed E-state index contributed by atoms with van der Waals surface area (Å²) in [5.74, 6) is -1.02. The minimum atomic E-state index is -0.587. The number of aromatic hydroxyl groups is 2. The summed E-state index contributed by atoms with van der Waals surface area (Å²) < 4.78 is 10.3. The van der Waals surface area contributed by atoms with Crippen LogP contribution in [0.3, 0.4) is 0 Å². The van der Waals surface area contributed by atoms with Crippen LogP contribution in [0.25, 0.3) is 0 Å². The van der Waals surface area contributed by atoms with E-state index in [9.17, 15) is 24.6 Å². The molecular formula is C34H30O7. The maximum absolute atomic E-state index is 12.4. The van der Waals surface area contributed by atoms with Crippen LogP contribution in [0.15, 0.2) is 115 Å². The largest absolute Gasteiger partial charge is 0.507 e. The molecule has 0 aromatic heterocycles. The molecule has 4 aromatic rings. The maximum atomic E-state index is 12.4. The zero-order valence-electron chi connectivity index (χ0n) is 23.0. The van der Waals surface area contributed by atoms with Gasteiger partial charge in [-0.2, -0.15) is 0 Å². The van der Waals surface area contributed by atoms with Gasteiger partial charge in [0.15, 0.2) is 23.1 Å². The molecule has 7 nitrogen and oxygen atoms in total. The van der Waals surface area contributed by atoms with Crippen molar-refractivity contribution in [2.45, 2.75) is 20.8 Å². The normalized spacial score (nSPS) is 10.3. The number of phenols is 2. The van der Waals surface area contributed by atoms with Crippen LogP contribution < -0.4 is 9.47 Å². The Morgan fingerprint density at radius 2 is 1.32 bits per heavy atom. The third-order valence-corrected chi connectivity index (χ3v) is 5.74. The summed E-state index contributed by atoms with van der Waals surface area (Å²) in [5, 5.41) is 20.2. The number of esters is 1. The lowest BCUT2D eigenvalue weighted by molar-refractivity contribution is -0.130. The summed E-state index contributed by atoms with van der Waals surface area (Å²) in [6.07, 6.45) is 3.18. The molecule has 0 bridgehead atoms. The Bertz CT molecular complexity index is 1590. The summed E-state index contributed by atoms with van der Waals surface area (Å²) in [5.41, 5.74) is 2.41. The van der Waals surface area contributed by atoms with E-state index in [1.807, 2.05) is 19.9 Å². The third-order valence-electron chi connectivity index (χ3n) is 5.74. The Labute approximate surface area is 238 Å². The molecule has 7 heteroatoms. The highest BCUT2D eigenvalue weighted by molar-refractivity contribution is 6.11. The SMILES string of the molecule is C=C(C)C(=O)Oc1ccc(C(=O)c2ccccc2)c(O)c1.CC=COc1c(C)ccc(C(=O)c2ccccc2)c1O. The minimum absolute atomic E-state index is 0.128. The molecular weight excluding hydrogens is 520 g/mol. The fraction of sp³-hybridized carbons (Fsp3) is 0.0882. The Morgan fingerprint density at radius 3 is 1.83 bits per heavy atom. The van der Waals surface area contributed by atoms with Crippen LogP contribution >= 0.6 is 0 Å². The van der Waals surface area contributed by atoms with Crippen molar-refractivity contribution in [2.24, 2.45) is 0 Å². The lowest BCUT2D eigenvalue weighted by Crippen LogP contribution is -2.08. The number of benzene rings is 4. The van der Waals surface area contributed by atoms with Crippen molar-refractivity contribution >= 4 is 17.5 Å². The second-order valence-corrected chi connectivity index (χ2v) is 8.93. The van der Waals surface area contributed by atoms with E-state index in [2.05, 4.69) is 6.58 Å². The Hall–Kier alpha value is -5.43. The van der Waals surface area contributed by atoms with Crippen molar-refractivity contribution in [1.82, 2.24) is 0 Å². The van der Waals surface area contributed by atoms with E-state index >= 15 is 0 Å². The number of ether oxygens (including phenoxy) is 2. The van der Waals surface area contributed by atoms with Gasteiger partial charge in [0.25, 0.3) is 0 Å². The average Bonchev–Trinajstić information content (AvgIpc) is 2.98. The van der Waals surface area contributed by atoms with Gasteiger partial charge in [-0.15, -0.1) is 0 Å². The van der Waals surface area contributed by atoms with Crippen LogP contribution in [-0.2, 0) is 4.79 Å². The van der Waals surface area contributed by atoms with Gasteiger partial charge in [0.2, 0.25) is 0 Å². The van der Waals surface area contributed by atoms with Gasteiger partial charge in [0, 0.05) is 22.8 Å². The molecule has 4 aromatic carbocycles. The molecule has 208 valence electrons. The number of rotatable bonds is 8. The molecule has 0 fully saturated rings. The average molecular weight is 551 g/mol. The molecule has 0 saturated heterocycles. The Kier molecular flexibility index (Phi) is 10.4. The van der Waals surface area contributed by atoms with E-state index in [0.717, 1.165) is 5.56 Å². The fourth-order valence-corrected chi connectivity index (χ4v) is 3.59. The van der Waals surface area contributed by atoms with Crippen LogP contribution in [-0.4, -0.2) is 27.7 Å². The van der Waals surface area contributed by atoms with Crippen LogP contribution in [0.1, 0.15) is 51.3 Å². The van der Waals surface area contributed by atoms with E-state index in [4.69, 9.17) is 9.47 Å². The fourth-order valence-electron chi connectivity index (χ4n) is 3.59. The first-order valence-electron chi connectivity index (χ1n) is 12.6. The Morgan fingerprint density at radius 1 is 0.780 bits per heavy atom. The first-order valence-corrected chi connectivity index (χ1v) is 12.6. The van der Waals surface area contributed by atoms with Gasteiger partial charge in [0.05, 0.1) is 17.4 Å². The number of allylic oxidation sites excluding steroid dienone is 1. The summed E-state index contributed by atoms with van der Waals surface area (Å²) in [6, 6.07) is 24.9. The van der Waals surface area contributed by atoms with E-state index in [1.54, 1.807) is 72.8 Å². The van der Waals surface area contributed by atoms with Gasteiger partial charge >= 0.3 is 5.97 Å². The zero-order valence-corrected chi connectivity index (χ0v) is 23.0. The van der Waals surface area contributed by atoms with Crippen molar-refractivity contribution in [3.63, 3.8) is 0 Å². The predicted molar refractivity (Wildman–Crippen MR) is 157 cm³/mol. The van der Waals surface area contributed by atoms with Gasteiger partial charge in [-0.3, -0.25) is 9.59 Å². The van der Waals surface area contributed by atoms with Crippen LogP contribution in [0, 0.1) is 6.92 Å². The van der Waals surface area contributed by atoms with Crippen molar-refractivity contribution in [1.29, 1.82) is 0 Å². The Balaban J connectivity index is 0.000000226. The number of aryl methyl sites for hydroxylation is 1. The third kappa shape index (κ3) is 7.80. The van der Waals surface area contributed by atoms with E-state index in [1.165, 1.54) is 31.4 Å². The molecule has 0 heterocycles. The highest BCUT2D eigenvalue weighted by atomic mass is 16.5. The van der Waals surface area contributed by atoms with Crippen molar-refractivity contribution in [3.05, 3.63) is 143 Å². The molecule has 0 saturated carbocycles. The van der Waals surface area contributed by atoms with Crippen LogP contribution in [0.4, 0.5) is 0 Å². The molecule has 0 aliphatic carbocycles. The second kappa shape index (κ2) is 14.1. The predicted octanol–water partition coefficient (Wildman–Crippen LogP) is 6.95. The van der Waals surface area contributed by atoms with Crippen molar-refractivity contribution in [3.8, 4) is 23.0 Å². The van der Waals surface area contributed by atoms with E-state index in [-0.39, 0.29) is 45.5 Å². The summed E-state index contributed by atoms with van der Waals surface area (Å²) in [6.45, 7) is 8.62. The van der Waals surface area contributed by atoms with Gasteiger partial charge < -0.3 is 19.7 Å². The van der Waals surface area contributed by atoms with Crippen molar-refractivity contribution in [2.75, 3.05) is 0 Å². The molecule has 0 unspecified atom stereocenters.